The van der Waals surface area contributed by atoms with Gasteiger partial charge in [-0.25, -0.2) is 13.5 Å². The fourth-order valence-electron chi connectivity index (χ4n) is 4.35. The van der Waals surface area contributed by atoms with Crippen LogP contribution in [0.25, 0.3) is 28.1 Å². The quantitative estimate of drug-likeness (QED) is 0.421. The topological polar surface area (TPSA) is 24.3 Å². The van der Waals surface area contributed by atoms with Crippen LogP contribution in [0.3, 0.4) is 0 Å². The van der Waals surface area contributed by atoms with Crippen LogP contribution in [0.4, 0.5) is 8.78 Å². The maximum absolute atomic E-state index is 14.2. The van der Waals surface area contributed by atoms with Gasteiger partial charge in [-0.1, -0.05) is 42.5 Å². The zero-order valence-corrected chi connectivity index (χ0v) is 18.6. The molecule has 0 amide bonds. The molecule has 4 nitrogen and oxygen atoms in total. The van der Waals surface area contributed by atoms with Gasteiger partial charge in [0.1, 0.15) is 11.6 Å². The van der Waals surface area contributed by atoms with Gasteiger partial charge < -0.3 is 4.90 Å². The molecule has 6 heteroatoms. The largest absolute Gasteiger partial charge is 0.304 e. The molecule has 0 unspecified atom stereocenters. The van der Waals surface area contributed by atoms with Crippen LogP contribution in [0, 0.1) is 11.6 Å². The van der Waals surface area contributed by atoms with Gasteiger partial charge in [0.25, 0.3) is 0 Å². The zero-order chi connectivity index (χ0) is 22.8. The van der Waals surface area contributed by atoms with E-state index in [0.29, 0.717) is 5.56 Å². The van der Waals surface area contributed by atoms with E-state index < -0.39 is 11.6 Å². The van der Waals surface area contributed by atoms with Crippen LogP contribution >= 0.6 is 0 Å². The highest BCUT2D eigenvalue weighted by molar-refractivity contribution is 5.68. The van der Waals surface area contributed by atoms with Crippen molar-refractivity contribution in [1.82, 2.24) is 19.6 Å². The molecular weight excluding hydrogens is 418 g/mol. The van der Waals surface area contributed by atoms with E-state index in [1.807, 2.05) is 53.3 Å². The first kappa shape index (κ1) is 21.5. The van der Waals surface area contributed by atoms with E-state index in [4.69, 9.17) is 5.10 Å². The summed E-state index contributed by atoms with van der Waals surface area (Å²) < 4.78 is 29.8. The molecule has 4 aromatic rings. The van der Waals surface area contributed by atoms with E-state index in [1.165, 1.54) is 11.6 Å². The van der Waals surface area contributed by atoms with Crippen LogP contribution in [-0.4, -0.2) is 52.8 Å². The second-order valence-corrected chi connectivity index (χ2v) is 8.55. The van der Waals surface area contributed by atoms with Crippen molar-refractivity contribution in [3.63, 3.8) is 0 Å². The molecule has 1 aliphatic rings. The number of nitrogens with zero attached hydrogens (tertiary/aromatic N) is 4. The van der Waals surface area contributed by atoms with Gasteiger partial charge in [0.2, 0.25) is 0 Å². The Hall–Kier alpha value is -3.35. The molecule has 3 aromatic carbocycles. The van der Waals surface area contributed by atoms with E-state index in [0.717, 1.165) is 61.8 Å². The fraction of sp³-hybridized carbons (Fsp3) is 0.222. The minimum atomic E-state index is -0.456. The average Bonchev–Trinajstić information content (AvgIpc) is 3.26. The first-order valence-corrected chi connectivity index (χ1v) is 11.2. The van der Waals surface area contributed by atoms with Crippen molar-refractivity contribution in [2.75, 3.05) is 33.2 Å². The highest BCUT2D eigenvalue weighted by atomic mass is 19.1. The van der Waals surface area contributed by atoms with E-state index in [9.17, 15) is 8.78 Å². The molecule has 33 heavy (non-hydrogen) atoms. The number of rotatable bonds is 5. The maximum Gasteiger partial charge on any atom is 0.131 e. The lowest BCUT2D eigenvalue weighted by Crippen LogP contribution is -2.43. The van der Waals surface area contributed by atoms with Crippen molar-refractivity contribution in [2.24, 2.45) is 0 Å². The molecule has 0 radical (unpaired) electrons. The van der Waals surface area contributed by atoms with Gasteiger partial charge in [-0.3, -0.25) is 4.90 Å². The Morgan fingerprint density at radius 3 is 2.27 bits per heavy atom. The Balaban J connectivity index is 1.50. The van der Waals surface area contributed by atoms with Crippen LogP contribution in [-0.2, 0) is 6.54 Å². The number of piperazine rings is 1. The molecule has 0 saturated carbocycles. The van der Waals surface area contributed by atoms with Gasteiger partial charge in [0.05, 0.1) is 17.6 Å². The zero-order valence-electron chi connectivity index (χ0n) is 18.6. The molecule has 1 fully saturated rings. The van der Waals surface area contributed by atoms with Crippen LogP contribution in [0.15, 0.2) is 79.0 Å². The van der Waals surface area contributed by atoms with Crippen LogP contribution in [0.2, 0.25) is 0 Å². The standard InChI is InChI=1S/C27H26F2N4/c1-31-13-15-32(16-14-31)19-22-18-30-33(27(22)21-5-3-2-4-6-21)24-10-7-20(8-11-24)25-17-23(28)9-12-26(25)29/h2-12,17-18H,13-16,19H2,1H3. The van der Waals surface area contributed by atoms with Crippen LogP contribution in [0.1, 0.15) is 5.56 Å². The average molecular weight is 445 g/mol. The van der Waals surface area contributed by atoms with Crippen molar-refractivity contribution in [3.8, 4) is 28.1 Å². The van der Waals surface area contributed by atoms with E-state index in [2.05, 4.69) is 29.0 Å². The molecule has 1 aromatic heterocycles. The number of likely N-dealkylation sites (N-methyl/N-ethyl adjacent to an activating group) is 1. The summed E-state index contributed by atoms with van der Waals surface area (Å²) in [7, 11) is 2.16. The second-order valence-electron chi connectivity index (χ2n) is 8.55. The number of hydrogen-bond acceptors (Lipinski definition) is 3. The third-order valence-corrected chi connectivity index (χ3v) is 6.23. The summed E-state index contributed by atoms with van der Waals surface area (Å²) in [5.41, 5.74) is 5.08. The van der Waals surface area contributed by atoms with Crippen molar-refractivity contribution in [3.05, 3.63) is 96.2 Å². The van der Waals surface area contributed by atoms with Gasteiger partial charge in [-0.2, -0.15) is 5.10 Å². The van der Waals surface area contributed by atoms with Gasteiger partial charge in [0, 0.05) is 49.4 Å². The summed E-state index contributed by atoms with van der Waals surface area (Å²) in [6, 6.07) is 21.2. The lowest BCUT2D eigenvalue weighted by Gasteiger charge is -2.32. The SMILES string of the molecule is CN1CCN(Cc2cnn(-c3ccc(-c4cc(F)ccc4F)cc3)c2-c2ccccc2)CC1. The smallest absolute Gasteiger partial charge is 0.131 e. The Bertz CT molecular complexity index is 1230. The predicted molar refractivity (Wildman–Crippen MR) is 127 cm³/mol. The van der Waals surface area contributed by atoms with Crippen molar-refractivity contribution >= 4 is 0 Å². The Morgan fingerprint density at radius 2 is 1.55 bits per heavy atom. The monoisotopic (exact) mass is 444 g/mol. The van der Waals surface area contributed by atoms with Crippen molar-refractivity contribution in [1.29, 1.82) is 0 Å². The molecule has 2 heterocycles. The summed E-state index contributed by atoms with van der Waals surface area (Å²) in [6.07, 6.45) is 1.95. The third-order valence-electron chi connectivity index (χ3n) is 6.23. The van der Waals surface area contributed by atoms with Gasteiger partial charge in [-0.15, -0.1) is 0 Å². The molecule has 168 valence electrons. The van der Waals surface area contributed by atoms with Gasteiger partial charge >= 0.3 is 0 Å². The van der Waals surface area contributed by atoms with E-state index >= 15 is 0 Å². The maximum atomic E-state index is 14.2. The number of hydrogen-bond donors (Lipinski definition) is 0. The number of aromatic nitrogens is 2. The highest BCUT2D eigenvalue weighted by Gasteiger charge is 2.20. The summed E-state index contributed by atoms with van der Waals surface area (Å²) in [4.78, 5) is 4.81. The number of halogens is 2. The second kappa shape index (κ2) is 9.25. The van der Waals surface area contributed by atoms with E-state index in [1.54, 1.807) is 0 Å². The van der Waals surface area contributed by atoms with Crippen molar-refractivity contribution < 1.29 is 8.78 Å². The minimum absolute atomic E-state index is 0.251. The van der Waals surface area contributed by atoms with Crippen LogP contribution < -0.4 is 0 Å². The molecule has 0 spiro atoms. The summed E-state index contributed by atoms with van der Waals surface area (Å²) in [6.45, 7) is 5.03. The highest BCUT2D eigenvalue weighted by Crippen LogP contribution is 2.30. The summed E-state index contributed by atoms with van der Waals surface area (Å²) in [5.74, 6) is -0.898. The number of benzene rings is 3. The molecule has 1 aliphatic heterocycles. The lowest BCUT2D eigenvalue weighted by molar-refractivity contribution is 0.148. The van der Waals surface area contributed by atoms with Gasteiger partial charge in [-0.05, 0) is 42.9 Å². The third kappa shape index (κ3) is 4.58. The Morgan fingerprint density at radius 1 is 0.818 bits per heavy atom. The molecule has 0 bridgehead atoms. The van der Waals surface area contributed by atoms with Crippen LogP contribution in [0.5, 0.6) is 0 Å². The predicted octanol–water partition coefficient (Wildman–Crippen LogP) is 5.23. The summed E-state index contributed by atoms with van der Waals surface area (Å²) >= 11 is 0. The summed E-state index contributed by atoms with van der Waals surface area (Å²) in [5, 5.41) is 4.72. The Kier molecular flexibility index (Phi) is 6.03. The lowest BCUT2D eigenvalue weighted by atomic mass is 10.0. The normalized spacial score (nSPS) is 15.1. The first-order chi connectivity index (χ1) is 16.1. The molecule has 1 saturated heterocycles. The molecule has 0 aliphatic carbocycles. The van der Waals surface area contributed by atoms with Gasteiger partial charge in [0.15, 0.2) is 0 Å². The first-order valence-electron chi connectivity index (χ1n) is 11.2. The Labute approximate surface area is 192 Å². The molecule has 5 rings (SSSR count). The molecule has 0 atom stereocenters. The van der Waals surface area contributed by atoms with Crippen molar-refractivity contribution in [2.45, 2.75) is 6.54 Å². The minimum Gasteiger partial charge on any atom is -0.304 e. The van der Waals surface area contributed by atoms with E-state index in [-0.39, 0.29) is 5.56 Å². The fourth-order valence-corrected chi connectivity index (χ4v) is 4.35. The molecular formula is C27H26F2N4. The molecule has 0 N–H and O–H groups in total.